The number of rotatable bonds is 3. The van der Waals surface area contributed by atoms with E-state index in [1.165, 1.54) is 10.2 Å². The summed E-state index contributed by atoms with van der Waals surface area (Å²) in [5, 5.41) is 0.931. The molecule has 0 fully saturated rings. The number of fused-ring (bicyclic) bond motifs is 2. The minimum Gasteiger partial charge on any atom is -0.294 e. The van der Waals surface area contributed by atoms with Crippen molar-refractivity contribution in [2.75, 3.05) is 6.26 Å². The summed E-state index contributed by atoms with van der Waals surface area (Å²) in [6.07, 6.45) is 2.29. The molecule has 4 nitrogen and oxygen atoms in total. The van der Waals surface area contributed by atoms with E-state index in [0.29, 0.717) is 22.1 Å². The fourth-order valence-electron chi connectivity index (χ4n) is 4.08. The number of para-hydroxylation sites is 1. The molecule has 0 amide bonds. The molecule has 134 valence electrons. The maximum Gasteiger partial charge on any atom is 0.237 e. The van der Waals surface area contributed by atoms with Gasteiger partial charge in [0.1, 0.15) is 0 Å². The van der Waals surface area contributed by atoms with E-state index in [2.05, 4.69) is 29.5 Å². The molecule has 1 heterocycles. The quantitative estimate of drug-likeness (QED) is 0.531. The molecule has 1 aromatic heterocycles. The minimum absolute atomic E-state index is 0.157. The Morgan fingerprint density at radius 2 is 1.77 bits per heavy atom. The Kier molecular flexibility index (Phi) is 4.04. The average Bonchev–Trinajstić information content (AvgIpc) is 3.00. The van der Waals surface area contributed by atoms with Gasteiger partial charge in [0.05, 0.1) is 15.5 Å². The van der Waals surface area contributed by atoms with Crippen LogP contribution in [0.15, 0.2) is 48.5 Å². The van der Waals surface area contributed by atoms with Crippen LogP contribution in [0.4, 0.5) is 0 Å². The largest absolute Gasteiger partial charge is 0.294 e. The number of aromatic nitrogens is 1. The minimum atomic E-state index is -3.42. The van der Waals surface area contributed by atoms with E-state index in [4.69, 9.17) is 0 Å². The van der Waals surface area contributed by atoms with Crippen LogP contribution in [0.25, 0.3) is 10.9 Å². The molecule has 26 heavy (non-hydrogen) atoms. The van der Waals surface area contributed by atoms with Crippen molar-refractivity contribution in [1.82, 2.24) is 3.97 Å². The highest BCUT2D eigenvalue weighted by Gasteiger charge is 2.40. The van der Waals surface area contributed by atoms with Crippen molar-refractivity contribution in [2.24, 2.45) is 0 Å². The highest BCUT2D eigenvalue weighted by molar-refractivity contribution is 14.1. The summed E-state index contributed by atoms with van der Waals surface area (Å²) >= 11 is 2.12. The molecule has 1 aliphatic rings. The van der Waals surface area contributed by atoms with Crippen molar-refractivity contribution in [3.63, 3.8) is 0 Å². The maximum atomic E-state index is 12.5. The topological polar surface area (TPSA) is 56.1 Å². The summed E-state index contributed by atoms with van der Waals surface area (Å²) < 4.78 is 26.8. The third-order valence-electron chi connectivity index (χ3n) is 5.20. The summed E-state index contributed by atoms with van der Waals surface area (Å²) in [6, 6.07) is 15.3. The molecule has 0 saturated heterocycles. The van der Waals surface area contributed by atoms with Gasteiger partial charge in [-0.25, -0.2) is 12.4 Å². The normalized spacial score (nSPS) is 19.9. The zero-order valence-electron chi connectivity index (χ0n) is 14.5. The van der Waals surface area contributed by atoms with Crippen LogP contribution >= 0.6 is 22.6 Å². The van der Waals surface area contributed by atoms with Crippen molar-refractivity contribution in [3.8, 4) is 0 Å². The Bertz CT molecular complexity index is 1160. The molecule has 0 bridgehead atoms. The molecule has 0 N–H and O–H groups in total. The number of Topliss-reactive ketones (excluding diaryl/α,β-unsaturated/α-hetero) is 1. The van der Waals surface area contributed by atoms with E-state index in [1.54, 1.807) is 0 Å². The highest BCUT2D eigenvalue weighted by Crippen LogP contribution is 2.43. The number of carbonyl (C=O) groups is 1. The molecular weight excluding hydrogens is 461 g/mol. The van der Waals surface area contributed by atoms with Gasteiger partial charge >= 0.3 is 0 Å². The van der Waals surface area contributed by atoms with Crippen LogP contribution in [0.5, 0.6) is 0 Å². The van der Waals surface area contributed by atoms with Gasteiger partial charge in [0.2, 0.25) is 10.0 Å². The smallest absolute Gasteiger partial charge is 0.237 e. The number of benzene rings is 2. The fraction of sp³-hybridized carbons (Fsp3) is 0.250. The first-order chi connectivity index (χ1) is 12.2. The van der Waals surface area contributed by atoms with E-state index in [-0.39, 0.29) is 11.2 Å². The number of hydrogen-bond donors (Lipinski definition) is 0. The summed E-state index contributed by atoms with van der Waals surface area (Å²) in [5.74, 6) is 0.157. The number of ketones is 1. The van der Waals surface area contributed by atoms with Crippen LogP contribution in [-0.4, -0.2) is 24.4 Å². The molecule has 0 aliphatic heterocycles. The molecule has 1 unspecified atom stereocenters. The molecular formula is C20H18INO3S. The molecule has 1 atom stereocenters. The maximum absolute atomic E-state index is 12.5. The Morgan fingerprint density at radius 3 is 2.50 bits per heavy atom. The van der Waals surface area contributed by atoms with Crippen molar-refractivity contribution in [1.29, 1.82) is 0 Å². The molecule has 3 aromatic rings. The number of halogens is 1. The Balaban J connectivity index is 1.93. The second-order valence-corrected chi connectivity index (χ2v) is 10.0. The number of hydrogen-bond acceptors (Lipinski definition) is 3. The van der Waals surface area contributed by atoms with Crippen molar-refractivity contribution >= 4 is 49.3 Å². The van der Waals surface area contributed by atoms with Gasteiger partial charge in [-0.3, -0.25) is 4.79 Å². The first-order valence-corrected chi connectivity index (χ1v) is 11.3. The third-order valence-corrected chi connectivity index (χ3v) is 7.71. The molecule has 2 aromatic carbocycles. The van der Waals surface area contributed by atoms with E-state index in [9.17, 15) is 13.2 Å². The molecule has 6 heteroatoms. The molecule has 0 spiro atoms. The van der Waals surface area contributed by atoms with Crippen LogP contribution in [-0.2, 0) is 21.9 Å². The van der Waals surface area contributed by atoms with Gasteiger partial charge < -0.3 is 0 Å². The van der Waals surface area contributed by atoms with Crippen molar-refractivity contribution in [2.45, 2.75) is 25.2 Å². The Labute approximate surface area is 166 Å². The van der Waals surface area contributed by atoms with Crippen molar-refractivity contribution in [3.05, 3.63) is 68.9 Å². The first kappa shape index (κ1) is 17.7. The first-order valence-electron chi connectivity index (χ1n) is 8.33. The fourth-order valence-corrected chi connectivity index (χ4v) is 6.82. The van der Waals surface area contributed by atoms with Gasteiger partial charge in [-0.15, -0.1) is 0 Å². The standard InChI is InChI=1S/C20H18INO3S/c1-20(12-18(23)14-8-3-5-9-16(14)20)11-15-13-7-4-6-10-17(13)22(19(15)21)26(2,24)25/h3-10H,11-12H2,1-2H3. The highest BCUT2D eigenvalue weighted by atomic mass is 127. The Morgan fingerprint density at radius 1 is 1.12 bits per heavy atom. The molecule has 1 aliphatic carbocycles. The van der Waals surface area contributed by atoms with Gasteiger partial charge in [0.25, 0.3) is 0 Å². The van der Waals surface area contributed by atoms with E-state index >= 15 is 0 Å². The summed E-state index contributed by atoms with van der Waals surface area (Å²) in [7, 11) is -3.42. The lowest BCUT2D eigenvalue weighted by Gasteiger charge is -2.24. The number of nitrogens with zero attached hydrogens (tertiary/aromatic N) is 1. The monoisotopic (exact) mass is 479 g/mol. The van der Waals surface area contributed by atoms with Gasteiger partial charge in [0, 0.05) is 22.8 Å². The van der Waals surface area contributed by atoms with E-state index < -0.39 is 10.0 Å². The predicted molar refractivity (Wildman–Crippen MR) is 111 cm³/mol. The van der Waals surface area contributed by atoms with Crippen molar-refractivity contribution < 1.29 is 13.2 Å². The zero-order valence-corrected chi connectivity index (χ0v) is 17.5. The van der Waals surface area contributed by atoms with Crippen LogP contribution in [0.3, 0.4) is 0 Å². The lowest BCUT2D eigenvalue weighted by molar-refractivity contribution is 0.0976. The SMILES string of the molecule is CC1(Cc2c(I)n(S(C)(=O)=O)c3ccccc23)CC(=O)c2ccccc21. The molecule has 0 radical (unpaired) electrons. The lowest BCUT2D eigenvalue weighted by Crippen LogP contribution is -2.23. The van der Waals surface area contributed by atoms with Crippen LogP contribution in [0, 0.1) is 3.70 Å². The van der Waals surface area contributed by atoms with Gasteiger partial charge in [0.15, 0.2) is 5.78 Å². The van der Waals surface area contributed by atoms with Crippen LogP contribution in [0.2, 0.25) is 0 Å². The zero-order chi connectivity index (χ0) is 18.7. The summed E-state index contributed by atoms with van der Waals surface area (Å²) in [5.41, 5.74) is 3.18. The van der Waals surface area contributed by atoms with Gasteiger partial charge in [-0.05, 0) is 46.2 Å². The van der Waals surface area contributed by atoms with Crippen LogP contribution < -0.4 is 0 Å². The van der Waals surface area contributed by atoms with E-state index in [0.717, 1.165) is 22.1 Å². The third kappa shape index (κ3) is 2.62. The average molecular weight is 479 g/mol. The predicted octanol–water partition coefficient (Wildman–Crippen LogP) is 4.14. The lowest BCUT2D eigenvalue weighted by atomic mass is 9.78. The molecule has 0 saturated carbocycles. The summed E-state index contributed by atoms with van der Waals surface area (Å²) in [4.78, 5) is 12.5. The second kappa shape index (κ2) is 5.92. The molecule has 4 rings (SSSR count). The Hall–Kier alpha value is -1.67. The number of carbonyl (C=O) groups excluding carboxylic acids is 1. The van der Waals surface area contributed by atoms with Gasteiger partial charge in [-0.2, -0.15) is 0 Å². The summed E-state index contributed by atoms with van der Waals surface area (Å²) in [6.45, 7) is 2.10. The van der Waals surface area contributed by atoms with Gasteiger partial charge in [-0.1, -0.05) is 49.4 Å². The van der Waals surface area contributed by atoms with Crippen LogP contribution in [0.1, 0.15) is 34.8 Å². The second-order valence-electron chi connectivity index (χ2n) is 7.20. The van der Waals surface area contributed by atoms with E-state index in [1.807, 2.05) is 48.5 Å².